The fraction of sp³-hybridized carbons (Fsp3) is 1.00. The number of hydrogen-bond donors (Lipinski definition) is 1. The fourth-order valence-corrected chi connectivity index (χ4v) is 2.16. The van der Waals surface area contributed by atoms with Gasteiger partial charge in [0.05, 0.1) is 0 Å². The summed E-state index contributed by atoms with van der Waals surface area (Å²) in [4.78, 5) is 0. The molecule has 13 heavy (non-hydrogen) atoms. The van der Waals surface area contributed by atoms with E-state index in [0.717, 1.165) is 0 Å². The molecule has 0 bridgehead atoms. The van der Waals surface area contributed by atoms with E-state index in [1.54, 1.807) is 0 Å². The molecule has 80 valence electrons. The molecule has 0 aromatic heterocycles. The molecular formula is C11H25NS. The Morgan fingerprint density at radius 1 is 1.15 bits per heavy atom. The van der Waals surface area contributed by atoms with Gasteiger partial charge in [-0.15, -0.1) is 0 Å². The highest BCUT2D eigenvalue weighted by Crippen LogP contribution is 2.05. The molecular weight excluding hydrogens is 178 g/mol. The summed E-state index contributed by atoms with van der Waals surface area (Å²) in [5.41, 5.74) is 0. The van der Waals surface area contributed by atoms with Crippen molar-refractivity contribution < 1.29 is 0 Å². The summed E-state index contributed by atoms with van der Waals surface area (Å²) in [6.45, 7) is 6.83. The molecule has 1 N–H and O–H groups in total. The molecule has 0 rings (SSSR count). The number of nitrogens with one attached hydrogen (secondary N) is 1. The van der Waals surface area contributed by atoms with Crippen molar-refractivity contribution in [2.24, 2.45) is 0 Å². The number of unbranched alkanes of at least 4 members (excludes halogenated alkanes) is 2. The Morgan fingerprint density at radius 3 is 2.38 bits per heavy atom. The first-order valence-corrected chi connectivity index (χ1v) is 6.85. The molecule has 0 spiro atoms. The second kappa shape index (κ2) is 8.89. The average molecular weight is 203 g/mol. The highest BCUT2D eigenvalue weighted by Gasteiger charge is 2.05. The molecule has 0 saturated carbocycles. The summed E-state index contributed by atoms with van der Waals surface area (Å²) >= 11 is 1.92. The van der Waals surface area contributed by atoms with Gasteiger partial charge in [-0.3, -0.25) is 0 Å². The zero-order valence-electron chi connectivity index (χ0n) is 9.60. The third kappa shape index (κ3) is 8.63. The lowest BCUT2D eigenvalue weighted by Gasteiger charge is -2.19. The topological polar surface area (TPSA) is 12.0 Å². The Labute approximate surface area is 88.1 Å². The first-order chi connectivity index (χ1) is 6.20. The van der Waals surface area contributed by atoms with Gasteiger partial charge in [0.2, 0.25) is 0 Å². The second-order valence-corrected chi connectivity index (χ2v) is 4.83. The molecule has 0 aliphatic rings. The lowest BCUT2D eigenvalue weighted by Crippen LogP contribution is -2.35. The molecule has 0 aliphatic heterocycles. The van der Waals surface area contributed by atoms with Crippen molar-refractivity contribution in [2.45, 2.75) is 58.5 Å². The maximum Gasteiger partial charge on any atom is 0.0132 e. The molecule has 0 aromatic carbocycles. The van der Waals surface area contributed by atoms with E-state index < -0.39 is 0 Å². The summed E-state index contributed by atoms with van der Waals surface area (Å²) < 4.78 is 0. The Bertz CT molecular complexity index is 106. The zero-order valence-corrected chi connectivity index (χ0v) is 10.4. The van der Waals surface area contributed by atoms with Gasteiger partial charge in [-0.05, 0) is 26.5 Å². The lowest BCUT2D eigenvalue weighted by molar-refractivity contribution is 0.451. The Kier molecular flexibility index (Phi) is 9.10. The van der Waals surface area contributed by atoms with Crippen LogP contribution in [-0.2, 0) is 0 Å². The Hall–Kier alpha value is 0.310. The van der Waals surface area contributed by atoms with Crippen LogP contribution in [0.15, 0.2) is 0 Å². The molecule has 2 atom stereocenters. The van der Waals surface area contributed by atoms with Crippen molar-refractivity contribution >= 4 is 11.8 Å². The van der Waals surface area contributed by atoms with E-state index >= 15 is 0 Å². The van der Waals surface area contributed by atoms with Gasteiger partial charge in [0.1, 0.15) is 0 Å². The van der Waals surface area contributed by atoms with Gasteiger partial charge in [-0.1, -0.05) is 26.2 Å². The minimum Gasteiger partial charge on any atom is -0.311 e. The monoisotopic (exact) mass is 203 g/mol. The number of rotatable bonds is 8. The van der Waals surface area contributed by atoms with Gasteiger partial charge in [0.15, 0.2) is 0 Å². The van der Waals surface area contributed by atoms with E-state index in [4.69, 9.17) is 0 Å². The Balaban J connectivity index is 3.32. The van der Waals surface area contributed by atoms with Gasteiger partial charge in [-0.2, -0.15) is 11.8 Å². The summed E-state index contributed by atoms with van der Waals surface area (Å²) in [5, 5.41) is 3.62. The number of hydrogen-bond acceptors (Lipinski definition) is 2. The smallest absolute Gasteiger partial charge is 0.0132 e. The second-order valence-electron chi connectivity index (χ2n) is 3.92. The van der Waals surface area contributed by atoms with Crippen molar-refractivity contribution in [3.05, 3.63) is 0 Å². The van der Waals surface area contributed by atoms with E-state index in [-0.39, 0.29) is 0 Å². The van der Waals surface area contributed by atoms with Gasteiger partial charge in [0.25, 0.3) is 0 Å². The third-order valence-corrected chi connectivity index (χ3v) is 3.06. The predicted molar refractivity (Wildman–Crippen MR) is 64.6 cm³/mol. The van der Waals surface area contributed by atoms with Crippen LogP contribution in [0.5, 0.6) is 0 Å². The van der Waals surface area contributed by atoms with Crippen molar-refractivity contribution in [3.63, 3.8) is 0 Å². The van der Waals surface area contributed by atoms with Crippen LogP contribution < -0.4 is 5.32 Å². The van der Waals surface area contributed by atoms with Crippen molar-refractivity contribution in [2.75, 3.05) is 12.0 Å². The molecule has 0 radical (unpaired) electrons. The largest absolute Gasteiger partial charge is 0.311 e. The minimum atomic E-state index is 0.659. The van der Waals surface area contributed by atoms with Gasteiger partial charge < -0.3 is 5.32 Å². The molecule has 0 aliphatic carbocycles. The third-order valence-electron chi connectivity index (χ3n) is 2.23. The highest BCUT2D eigenvalue weighted by molar-refractivity contribution is 7.98. The Morgan fingerprint density at radius 2 is 1.85 bits per heavy atom. The van der Waals surface area contributed by atoms with Crippen molar-refractivity contribution in [3.8, 4) is 0 Å². The van der Waals surface area contributed by atoms with E-state index in [0.29, 0.717) is 12.1 Å². The summed E-state index contributed by atoms with van der Waals surface area (Å²) in [5.74, 6) is 1.22. The predicted octanol–water partition coefficient (Wildman–Crippen LogP) is 3.30. The molecule has 2 heteroatoms. The first-order valence-electron chi connectivity index (χ1n) is 5.45. The van der Waals surface area contributed by atoms with Gasteiger partial charge in [0, 0.05) is 17.8 Å². The summed E-state index contributed by atoms with van der Waals surface area (Å²) in [7, 11) is 0. The standard InChI is InChI=1S/C11H25NS/c1-5-6-7-8-10(2)12-11(3)9-13-4/h10-12H,5-9H2,1-4H3. The quantitative estimate of drug-likeness (QED) is 0.608. The van der Waals surface area contributed by atoms with Crippen LogP contribution in [0.25, 0.3) is 0 Å². The van der Waals surface area contributed by atoms with E-state index in [1.807, 2.05) is 11.8 Å². The maximum atomic E-state index is 3.62. The van der Waals surface area contributed by atoms with Gasteiger partial charge in [-0.25, -0.2) is 0 Å². The molecule has 0 aromatic rings. The lowest BCUT2D eigenvalue weighted by atomic mass is 10.1. The van der Waals surface area contributed by atoms with Crippen LogP contribution >= 0.6 is 11.8 Å². The normalized spacial score (nSPS) is 15.7. The molecule has 1 nitrogen and oxygen atoms in total. The van der Waals surface area contributed by atoms with E-state index in [1.165, 1.54) is 31.4 Å². The van der Waals surface area contributed by atoms with Crippen LogP contribution in [0.4, 0.5) is 0 Å². The van der Waals surface area contributed by atoms with Crippen LogP contribution in [0.3, 0.4) is 0 Å². The number of thioether (sulfide) groups is 1. The minimum absolute atomic E-state index is 0.659. The van der Waals surface area contributed by atoms with Crippen LogP contribution in [0, 0.1) is 0 Å². The fourth-order valence-electron chi connectivity index (χ4n) is 1.57. The van der Waals surface area contributed by atoms with Crippen LogP contribution in [0.2, 0.25) is 0 Å². The van der Waals surface area contributed by atoms with Crippen molar-refractivity contribution in [1.29, 1.82) is 0 Å². The molecule has 2 unspecified atom stereocenters. The SMILES string of the molecule is CCCCCC(C)NC(C)CSC. The maximum absolute atomic E-state index is 3.62. The highest BCUT2D eigenvalue weighted by atomic mass is 32.2. The first kappa shape index (κ1) is 13.3. The molecule has 0 saturated heterocycles. The average Bonchev–Trinajstić information content (AvgIpc) is 2.05. The van der Waals surface area contributed by atoms with Crippen LogP contribution in [-0.4, -0.2) is 24.1 Å². The summed E-state index contributed by atoms with van der Waals surface area (Å²) in [6.07, 6.45) is 7.57. The molecule has 0 amide bonds. The van der Waals surface area contributed by atoms with Crippen LogP contribution in [0.1, 0.15) is 46.5 Å². The van der Waals surface area contributed by atoms with E-state index in [9.17, 15) is 0 Å². The zero-order chi connectivity index (χ0) is 10.1. The molecule has 0 fully saturated rings. The molecule has 0 heterocycles. The van der Waals surface area contributed by atoms with Gasteiger partial charge >= 0.3 is 0 Å². The summed E-state index contributed by atoms with van der Waals surface area (Å²) in [6, 6.07) is 1.35. The van der Waals surface area contributed by atoms with Crippen molar-refractivity contribution in [1.82, 2.24) is 5.32 Å². The van der Waals surface area contributed by atoms with E-state index in [2.05, 4.69) is 32.3 Å².